The zero-order chi connectivity index (χ0) is 31.9. The van der Waals surface area contributed by atoms with Crippen LogP contribution in [0.5, 0.6) is 5.75 Å². The molecule has 1 aromatic heterocycles. The van der Waals surface area contributed by atoms with Gasteiger partial charge in [-0.05, 0) is 79.1 Å². The van der Waals surface area contributed by atoms with Crippen LogP contribution in [0.4, 0.5) is 4.39 Å². The molecule has 4 aromatic rings. The van der Waals surface area contributed by atoms with Crippen LogP contribution in [0.3, 0.4) is 0 Å². The SMILES string of the molecule is CC(=O)OCCCN1C(=O)C(C#N)=C(C)/C(=C\c2cn(-c3ccccc3)nc2-c2ccc(OCc3ccc(F)cc3)cc2)C1=O. The molecule has 0 saturated heterocycles. The van der Waals surface area contributed by atoms with E-state index in [0.717, 1.165) is 21.7 Å². The van der Waals surface area contributed by atoms with Crippen molar-refractivity contribution < 1.29 is 28.2 Å². The van der Waals surface area contributed by atoms with Crippen LogP contribution in [0.15, 0.2) is 102 Å². The second-order valence-corrected chi connectivity index (χ2v) is 10.3. The van der Waals surface area contributed by atoms with Gasteiger partial charge in [0.1, 0.15) is 29.8 Å². The normalized spacial score (nSPS) is 14.1. The van der Waals surface area contributed by atoms with Crippen molar-refractivity contribution in [2.24, 2.45) is 0 Å². The highest BCUT2D eigenvalue weighted by molar-refractivity contribution is 6.19. The lowest BCUT2D eigenvalue weighted by Gasteiger charge is -2.27. The number of aromatic nitrogens is 2. The molecule has 2 heterocycles. The molecule has 10 heteroatoms. The predicted molar refractivity (Wildman–Crippen MR) is 164 cm³/mol. The van der Waals surface area contributed by atoms with Gasteiger partial charge in [-0.3, -0.25) is 19.3 Å². The lowest BCUT2D eigenvalue weighted by Crippen LogP contribution is -2.43. The number of benzene rings is 3. The highest BCUT2D eigenvalue weighted by Gasteiger charge is 2.35. The van der Waals surface area contributed by atoms with Crippen molar-refractivity contribution >= 4 is 23.9 Å². The van der Waals surface area contributed by atoms with Gasteiger partial charge in [-0.25, -0.2) is 9.07 Å². The number of ether oxygens (including phenoxy) is 2. The number of esters is 1. The number of carbonyl (C=O) groups excluding carboxylic acids is 3. The number of imide groups is 1. The predicted octanol–water partition coefficient (Wildman–Crippen LogP) is 5.80. The maximum absolute atomic E-state index is 13.6. The molecule has 0 atom stereocenters. The molecule has 0 N–H and O–H groups in total. The summed E-state index contributed by atoms with van der Waals surface area (Å²) in [6.07, 6.45) is 3.65. The number of amides is 2. The molecule has 226 valence electrons. The molecule has 0 bridgehead atoms. The fourth-order valence-corrected chi connectivity index (χ4v) is 4.81. The van der Waals surface area contributed by atoms with Gasteiger partial charge in [0.25, 0.3) is 11.8 Å². The summed E-state index contributed by atoms with van der Waals surface area (Å²) < 4.78 is 25.7. The van der Waals surface area contributed by atoms with Gasteiger partial charge in [0, 0.05) is 36.4 Å². The van der Waals surface area contributed by atoms with Gasteiger partial charge in [0.15, 0.2) is 0 Å². The average Bonchev–Trinajstić information content (AvgIpc) is 3.47. The van der Waals surface area contributed by atoms with Gasteiger partial charge in [0.2, 0.25) is 0 Å². The monoisotopic (exact) mass is 604 g/mol. The molecule has 5 rings (SSSR count). The molecule has 0 unspecified atom stereocenters. The Morgan fingerprint density at radius 1 is 1.00 bits per heavy atom. The highest BCUT2D eigenvalue weighted by Crippen LogP contribution is 2.32. The summed E-state index contributed by atoms with van der Waals surface area (Å²) in [4.78, 5) is 38.8. The Hall–Kier alpha value is -5.82. The fraction of sp³-hybridized carbons (Fsp3) is 0.171. The van der Waals surface area contributed by atoms with E-state index in [9.17, 15) is 24.0 Å². The van der Waals surface area contributed by atoms with Crippen LogP contribution >= 0.6 is 0 Å². The number of hydrogen-bond donors (Lipinski definition) is 0. The number of nitrogens with zero attached hydrogens (tertiary/aromatic N) is 4. The standard InChI is InChI=1S/C35H29FN4O5/c1-23-31(34(42)39(35(43)32(23)20-37)17-6-18-44-24(2)41)19-27-21-40(29-7-4-3-5-8-29)38-33(27)26-11-15-30(16-12-26)45-22-25-9-13-28(36)14-10-25/h3-5,7-16,19,21H,6,17-18,22H2,1-2H3/b31-19+. The third kappa shape index (κ3) is 7.05. The minimum Gasteiger partial charge on any atom is -0.489 e. The zero-order valence-corrected chi connectivity index (χ0v) is 24.7. The Morgan fingerprint density at radius 3 is 2.38 bits per heavy atom. The van der Waals surface area contributed by atoms with Crippen LogP contribution in [-0.2, 0) is 25.7 Å². The van der Waals surface area contributed by atoms with E-state index in [0.29, 0.717) is 17.0 Å². The first-order valence-electron chi connectivity index (χ1n) is 14.2. The zero-order valence-electron chi connectivity index (χ0n) is 24.7. The first kappa shape index (κ1) is 30.6. The van der Waals surface area contributed by atoms with Crippen molar-refractivity contribution in [1.29, 1.82) is 5.26 Å². The molecule has 45 heavy (non-hydrogen) atoms. The number of nitriles is 1. The average molecular weight is 605 g/mol. The smallest absolute Gasteiger partial charge is 0.302 e. The van der Waals surface area contributed by atoms with Gasteiger partial charge < -0.3 is 9.47 Å². The highest BCUT2D eigenvalue weighted by atomic mass is 19.1. The van der Waals surface area contributed by atoms with Crippen molar-refractivity contribution in [2.75, 3.05) is 13.2 Å². The number of hydrogen-bond acceptors (Lipinski definition) is 7. The molecule has 0 radical (unpaired) electrons. The van der Waals surface area contributed by atoms with Gasteiger partial charge in [0.05, 0.1) is 18.0 Å². The Kier molecular flexibility index (Phi) is 9.29. The molecule has 3 aromatic carbocycles. The minimum atomic E-state index is -0.684. The molecule has 1 aliphatic heterocycles. The Morgan fingerprint density at radius 2 is 1.71 bits per heavy atom. The van der Waals surface area contributed by atoms with Crippen molar-refractivity contribution in [1.82, 2.24) is 14.7 Å². The molecular formula is C35H29FN4O5. The second-order valence-electron chi connectivity index (χ2n) is 10.3. The van der Waals surface area contributed by atoms with E-state index < -0.39 is 17.8 Å². The second kappa shape index (κ2) is 13.7. The van der Waals surface area contributed by atoms with Gasteiger partial charge in [-0.2, -0.15) is 10.4 Å². The Labute approximate surface area is 259 Å². The molecular weight excluding hydrogens is 575 g/mol. The summed E-state index contributed by atoms with van der Waals surface area (Å²) in [5.74, 6) is -1.41. The van der Waals surface area contributed by atoms with E-state index in [4.69, 9.17) is 14.6 Å². The molecule has 9 nitrogen and oxygen atoms in total. The van der Waals surface area contributed by atoms with Crippen LogP contribution in [0, 0.1) is 17.1 Å². The van der Waals surface area contributed by atoms with Gasteiger partial charge in [-0.15, -0.1) is 0 Å². The summed E-state index contributed by atoms with van der Waals surface area (Å²) in [6, 6.07) is 24.8. The minimum absolute atomic E-state index is 0.0176. The molecule has 1 aliphatic rings. The van der Waals surface area contributed by atoms with E-state index >= 15 is 0 Å². The molecule has 0 spiro atoms. The molecule has 0 fully saturated rings. The lowest BCUT2D eigenvalue weighted by atomic mass is 9.93. The summed E-state index contributed by atoms with van der Waals surface area (Å²) >= 11 is 0. The third-order valence-corrected chi connectivity index (χ3v) is 7.17. The van der Waals surface area contributed by atoms with Crippen LogP contribution in [0.2, 0.25) is 0 Å². The van der Waals surface area contributed by atoms with Crippen LogP contribution in [-0.4, -0.2) is 45.6 Å². The first-order chi connectivity index (χ1) is 21.7. The Balaban J connectivity index is 1.49. The third-order valence-electron chi connectivity index (χ3n) is 7.17. The maximum atomic E-state index is 13.6. The number of rotatable bonds is 10. The van der Waals surface area contributed by atoms with Crippen molar-refractivity contribution in [2.45, 2.75) is 26.9 Å². The van der Waals surface area contributed by atoms with Crippen molar-refractivity contribution in [3.63, 3.8) is 0 Å². The first-order valence-corrected chi connectivity index (χ1v) is 14.2. The van der Waals surface area contributed by atoms with Crippen molar-refractivity contribution in [3.05, 3.63) is 119 Å². The largest absolute Gasteiger partial charge is 0.489 e. The van der Waals surface area contributed by atoms with Gasteiger partial charge in [-0.1, -0.05) is 30.3 Å². The van der Waals surface area contributed by atoms with E-state index in [1.165, 1.54) is 19.1 Å². The van der Waals surface area contributed by atoms with Crippen LogP contribution in [0.25, 0.3) is 23.0 Å². The molecule has 0 aliphatic carbocycles. The lowest BCUT2D eigenvalue weighted by molar-refractivity contribution is -0.141. The quantitative estimate of drug-likeness (QED) is 0.0972. The van der Waals surface area contributed by atoms with Crippen molar-refractivity contribution in [3.8, 4) is 28.8 Å². The fourth-order valence-electron chi connectivity index (χ4n) is 4.81. The van der Waals surface area contributed by atoms with E-state index in [-0.39, 0.29) is 48.7 Å². The van der Waals surface area contributed by atoms with E-state index in [2.05, 4.69) is 0 Å². The summed E-state index contributed by atoms with van der Waals surface area (Å²) in [5, 5.41) is 14.6. The summed E-state index contributed by atoms with van der Waals surface area (Å²) in [6.45, 7) is 3.14. The Bertz CT molecular complexity index is 1840. The van der Waals surface area contributed by atoms with Crippen LogP contribution < -0.4 is 4.74 Å². The van der Waals surface area contributed by atoms with E-state index in [1.54, 1.807) is 48.1 Å². The topological polar surface area (TPSA) is 115 Å². The summed E-state index contributed by atoms with van der Waals surface area (Å²) in [7, 11) is 0. The summed E-state index contributed by atoms with van der Waals surface area (Å²) in [5.41, 5.74) is 3.84. The number of halogens is 1. The number of carbonyl (C=O) groups is 3. The molecule has 0 saturated carbocycles. The molecule has 2 amide bonds. The van der Waals surface area contributed by atoms with Gasteiger partial charge >= 0.3 is 5.97 Å². The maximum Gasteiger partial charge on any atom is 0.302 e. The van der Waals surface area contributed by atoms with E-state index in [1.807, 2.05) is 48.5 Å². The number of para-hydroxylation sites is 1. The van der Waals surface area contributed by atoms with Crippen LogP contribution in [0.1, 0.15) is 31.4 Å².